The van der Waals surface area contributed by atoms with E-state index in [9.17, 15) is 5.11 Å². The molecule has 0 fully saturated rings. The first-order valence-electron chi connectivity index (χ1n) is 4.10. The summed E-state index contributed by atoms with van der Waals surface area (Å²) in [6, 6.07) is 4.36. The van der Waals surface area contributed by atoms with Gasteiger partial charge in [-0.1, -0.05) is 0 Å². The van der Waals surface area contributed by atoms with Gasteiger partial charge in [-0.05, 0) is 24.6 Å². The SMILES string of the molecule is Nc1ccc(O)c([C@H](N)CCO)c1. The van der Waals surface area contributed by atoms with E-state index in [1.807, 2.05) is 0 Å². The fourth-order valence-electron chi connectivity index (χ4n) is 1.16. The van der Waals surface area contributed by atoms with E-state index in [0.717, 1.165) is 0 Å². The smallest absolute Gasteiger partial charge is 0.120 e. The van der Waals surface area contributed by atoms with Gasteiger partial charge in [-0.3, -0.25) is 0 Å². The molecule has 6 N–H and O–H groups in total. The zero-order chi connectivity index (χ0) is 9.84. The molecule has 1 rings (SSSR count). The molecular weight excluding hydrogens is 168 g/mol. The molecule has 0 heterocycles. The van der Waals surface area contributed by atoms with E-state index >= 15 is 0 Å². The number of phenolic OH excluding ortho intramolecular Hbond substituents is 1. The molecule has 4 nitrogen and oxygen atoms in total. The molecule has 13 heavy (non-hydrogen) atoms. The standard InChI is InChI=1S/C9H14N2O2/c10-6-1-2-9(13)7(5-6)8(11)3-4-12/h1-2,5,8,12-13H,3-4,10-11H2/t8-/m1/s1. The number of nitrogen functional groups attached to an aromatic ring is 1. The van der Waals surface area contributed by atoms with Crippen LogP contribution in [-0.4, -0.2) is 16.8 Å². The van der Waals surface area contributed by atoms with Crippen molar-refractivity contribution in [3.63, 3.8) is 0 Å². The maximum Gasteiger partial charge on any atom is 0.120 e. The van der Waals surface area contributed by atoms with E-state index in [1.54, 1.807) is 12.1 Å². The summed E-state index contributed by atoms with van der Waals surface area (Å²) in [4.78, 5) is 0. The van der Waals surface area contributed by atoms with Gasteiger partial charge in [0.2, 0.25) is 0 Å². The van der Waals surface area contributed by atoms with Crippen LogP contribution >= 0.6 is 0 Å². The third-order valence-corrected chi connectivity index (χ3v) is 1.89. The van der Waals surface area contributed by atoms with E-state index in [4.69, 9.17) is 16.6 Å². The highest BCUT2D eigenvalue weighted by atomic mass is 16.3. The molecule has 72 valence electrons. The van der Waals surface area contributed by atoms with Crippen molar-refractivity contribution in [2.75, 3.05) is 12.3 Å². The highest BCUT2D eigenvalue weighted by molar-refractivity contribution is 5.48. The van der Waals surface area contributed by atoms with E-state index in [1.165, 1.54) is 6.07 Å². The summed E-state index contributed by atoms with van der Waals surface area (Å²) in [6.07, 6.45) is 0.414. The van der Waals surface area contributed by atoms with Crippen LogP contribution in [0.2, 0.25) is 0 Å². The summed E-state index contributed by atoms with van der Waals surface area (Å²) in [7, 11) is 0. The van der Waals surface area contributed by atoms with E-state index < -0.39 is 0 Å². The van der Waals surface area contributed by atoms with Crippen LogP contribution in [0.25, 0.3) is 0 Å². The molecule has 0 aliphatic heterocycles. The molecular formula is C9H14N2O2. The van der Waals surface area contributed by atoms with Gasteiger partial charge in [0.05, 0.1) is 0 Å². The topological polar surface area (TPSA) is 92.5 Å². The second-order valence-electron chi connectivity index (χ2n) is 2.94. The van der Waals surface area contributed by atoms with Crippen molar-refractivity contribution in [1.82, 2.24) is 0 Å². The summed E-state index contributed by atoms with van der Waals surface area (Å²) in [5.41, 5.74) is 12.4. The first kappa shape index (κ1) is 9.83. The van der Waals surface area contributed by atoms with Gasteiger partial charge >= 0.3 is 0 Å². The predicted octanol–water partition coefficient (Wildman–Crippen LogP) is 0.357. The van der Waals surface area contributed by atoms with Crippen LogP contribution in [0.1, 0.15) is 18.0 Å². The third-order valence-electron chi connectivity index (χ3n) is 1.89. The van der Waals surface area contributed by atoms with Crippen molar-refractivity contribution in [3.8, 4) is 5.75 Å². The normalized spacial score (nSPS) is 12.8. The first-order valence-corrected chi connectivity index (χ1v) is 4.10. The zero-order valence-corrected chi connectivity index (χ0v) is 7.27. The van der Waals surface area contributed by atoms with Crippen LogP contribution in [0.3, 0.4) is 0 Å². The summed E-state index contributed by atoms with van der Waals surface area (Å²) in [5, 5.41) is 18.1. The molecule has 0 bridgehead atoms. The Morgan fingerprint density at radius 2 is 2.08 bits per heavy atom. The van der Waals surface area contributed by atoms with Gasteiger partial charge in [-0.15, -0.1) is 0 Å². The number of nitrogens with two attached hydrogens (primary N) is 2. The Morgan fingerprint density at radius 1 is 1.38 bits per heavy atom. The van der Waals surface area contributed by atoms with Gasteiger partial charge in [0, 0.05) is 23.9 Å². The Balaban J connectivity index is 2.91. The number of anilines is 1. The average Bonchev–Trinajstić information content (AvgIpc) is 2.09. The number of hydrogen-bond acceptors (Lipinski definition) is 4. The number of phenols is 1. The molecule has 0 saturated carbocycles. The fraction of sp³-hybridized carbons (Fsp3) is 0.333. The third kappa shape index (κ3) is 2.34. The Kier molecular flexibility index (Phi) is 3.11. The minimum Gasteiger partial charge on any atom is -0.508 e. The van der Waals surface area contributed by atoms with Gasteiger partial charge in [-0.2, -0.15) is 0 Å². The number of aliphatic hydroxyl groups is 1. The Morgan fingerprint density at radius 3 is 2.69 bits per heavy atom. The molecule has 0 saturated heterocycles. The second kappa shape index (κ2) is 4.11. The highest BCUT2D eigenvalue weighted by Crippen LogP contribution is 2.26. The molecule has 1 aromatic rings. The van der Waals surface area contributed by atoms with Gasteiger partial charge in [-0.25, -0.2) is 0 Å². The lowest BCUT2D eigenvalue weighted by molar-refractivity contribution is 0.275. The predicted molar refractivity (Wildman–Crippen MR) is 51.2 cm³/mol. The van der Waals surface area contributed by atoms with Crippen LogP contribution in [-0.2, 0) is 0 Å². The minimum absolute atomic E-state index is 0.00456. The van der Waals surface area contributed by atoms with Gasteiger partial charge in [0.15, 0.2) is 0 Å². The van der Waals surface area contributed by atoms with Crippen LogP contribution in [0.4, 0.5) is 5.69 Å². The number of hydrogen-bond donors (Lipinski definition) is 4. The van der Waals surface area contributed by atoms with Crippen molar-refractivity contribution in [3.05, 3.63) is 23.8 Å². The molecule has 0 aliphatic rings. The summed E-state index contributed by atoms with van der Waals surface area (Å²) in [5.74, 6) is 0.121. The molecule has 0 amide bonds. The van der Waals surface area contributed by atoms with Gasteiger partial charge in [0.1, 0.15) is 5.75 Å². The number of rotatable bonds is 3. The molecule has 0 unspecified atom stereocenters. The Hall–Kier alpha value is -1.26. The van der Waals surface area contributed by atoms with E-state index in [-0.39, 0.29) is 18.4 Å². The Bertz CT molecular complexity index is 289. The molecule has 1 atom stereocenters. The maximum absolute atomic E-state index is 9.41. The van der Waals surface area contributed by atoms with Gasteiger partial charge < -0.3 is 21.7 Å². The van der Waals surface area contributed by atoms with Crippen molar-refractivity contribution >= 4 is 5.69 Å². The second-order valence-corrected chi connectivity index (χ2v) is 2.94. The molecule has 4 heteroatoms. The lowest BCUT2D eigenvalue weighted by Crippen LogP contribution is -2.12. The Labute approximate surface area is 76.8 Å². The quantitative estimate of drug-likeness (QED) is 0.401. The monoisotopic (exact) mass is 182 g/mol. The molecule has 1 aromatic carbocycles. The molecule has 0 aromatic heterocycles. The molecule has 0 spiro atoms. The van der Waals surface area contributed by atoms with Crippen LogP contribution < -0.4 is 11.5 Å². The highest BCUT2D eigenvalue weighted by Gasteiger charge is 2.10. The minimum atomic E-state index is -0.367. The molecule has 0 aliphatic carbocycles. The van der Waals surface area contributed by atoms with Crippen LogP contribution in [0.15, 0.2) is 18.2 Å². The zero-order valence-electron chi connectivity index (χ0n) is 7.27. The first-order chi connectivity index (χ1) is 6.15. The number of aliphatic hydroxyl groups excluding tert-OH is 1. The fourth-order valence-corrected chi connectivity index (χ4v) is 1.16. The lowest BCUT2D eigenvalue weighted by Gasteiger charge is -2.12. The summed E-state index contributed by atoms with van der Waals surface area (Å²) in [6.45, 7) is -0.00456. The summed E-state index contributed by atoms with van der Waals surface area (Å²) >= 11 is 0. The lowest BCUT2D eigenvalue weighted by atomic mass is 10.0. The van der Waals surface area contributed by atoms with Crippen molar-refractivity contribution in [2.45, 2.75) is 12.5 Å². The molecule has 0 radical (unpaired) electrons. The number of benzene rings is 1. The van der Waals surface area contributed by atoms with Crippen LogP contribution in [0.5, 0.6) is 5.75 Å². The summed E-state index contributed by atoms with van der Waals surface area (Å²) < 4.78 is 0. The van der Waals surface area contributed by atoms with Crippen molar-refractivity contribution in [2.24, 2.45) is 5.73 Å². The van der Waals surface area contributed by atoms with Crippen molar-refractivity contribution in [1.29, 1.82) is 0 Å². The number of aromatic hydroxyl groups is 1. The maximum atomic E-state index is 9.41. The van der Waals surface area contributed by atoms with E-state index in [2.05, 4.69) is 0 Å². The largest absolute Gasteiger partial charge is 0.508 e. The van der Waals surface area contributed by atoms with E-state index in [0.29, 0.717) is 17.7 Å². The average molecular weight is 182 g/mol. The van der Waals surface area contributed by atoms with Gasteiger partial charge in [0.25, 0.3) is 0 Å². The van der Waals surface area contributed by atoms with Crippen LogP contribution in [0, 0.1) is 0 Å². The van der Waals surface area contributed by atoms with Crippen molar-refractivity contribution < 1.29 is 10.2 Å².